The van der Waals surface area contributed by atoms with Gasteiger partial charge in [-0.25, -0.2) is 14.8 Å². The van der Waals surface area contributed by atoms with E-state index in [1.165, 1.54) is 25.7 Å². The second-order valence-electron chi connectivity index (χ2n) is 11.6. The number of hydrogen-bond acceptors (Lipinski definition) is 9. The minimum absolute atomic E-state index is 0.0926. The van der Waals surface area contributed by atoms with Crippen LogP contribution in [0.25, 0.3) is 0 Å². The minimum atomic E-state index is -1.31. The summed E-state index contributed by atoms with van der Waals surface area (Å²) in [6, 6.07) is 21.1. The summed E-state index contributed by atoms with van der Waals surface area (Å²) in [5.74, 6) is -0.539. The SMILES string of the molecule is COC(c1ccccc1)(c1ccccc1)[C@H](Oc1nc(C)cc(C)n1)C(=O)OCCCCCCCCCCCCCCO[N+](=O)[O-]. The van der Waals surface area contributed by atoms with E-state index in [1.807, 2.05) is 80.6 Å². The fraction of sp³-hybridized carbons (Fsp3) is 0.528. The standard InChI is InChI=1S/C36H49N3O7/c1-29-28-30(2)38-35(37-29)46-33(36(43-3,31-22-16-14-17-23-31)32-24-18-15-19-25-32)34(40)44-26-20-12-10-8-6-4-5-7-9-11-13-21-27-45-39(41)42/h14-19,22-25,28,33H,4-13,20-21,26-27H2,1-3H3/t33-/m1/s1. The highest BCUT2D eigenvalue weighted by Gasteiger charge is 2.50. The van der Waals surface area contributed by atoms with Crippen LogP contribution >= 0.6 is 0 Å². The van der Waals surface area contributed by atoms with Crippen LogP contribution in [0.2, 0.25) is 0 Å². The van der Waals surface area contributed by atoms with Crippen LogP contribution in [0.15, 0.2) is 66.7 Å². The Bertz CT molecular complexity index is 1250. The summed E-state index contributed by atoms with van der Waals surface area (Å²) < 4.78 is 18.5. The van der Waals surface area contributed by atoms with Gasteiger partial charge in [0.25, 0.3) is 5.09 Å². The van der Waals surface area contributed by atoms with E-state index in [4.69, 9.17) is 14.2 Å². The predicted molar refractivity (Wildman–Crippen MR) is 176 cm³/mol. The van der Waals surface area contributed by atoms with Crippen molar-refractivity contribution in [3.8, 4) is 6.01 Å². The Morgan fingerprint density at radius 3 is 1.61 bits per heavy atom. The van der Waals surface area contributed by atoms with Gasteiger partial charge in [-0.3, -0.25) is 0 Å². The lowest BCUT2D eigenvalue weighted by Crippen LogP contribution is -2.51. The Hall–Kier alpha value is -4.05. The number of unbranched alkanes of at least 4 members (excludes halogenated alkanes) is 11. The molecular weight excluding hydrogens is 586 g/mol. The number of hydrogen-bond donors (Lipinski definition) is 0. The topological polar surface area (TPSA) is 123 Å². The molecule has 1 atom stereocenters. The summed E-state index contributed by atoms with van der Waals surface area (Å²) in [4.78, 5) is 37.3. The highest BCUT2D eigenvalue weighted by atomic mass is 16.9. The molecule has 0 aliphatic carbocycles. The number of aromatic nitrogens is 2. The Labute approximate surface area is 273 Å². The lowest BCUT2D eigenvalue weighted by molar-refractivity contribution is -0.757. The van der Waals surface area contributed by atoms with Gasteiger partial charge in [-0.1, -0.05) is 125 Å². The fourth-order valence-electron chi connectivity index (χ4n) is 5.69. The van der Waals surface area contributed by atoms with Crippen molar-refractivity contribution < 1.29 is 28.9 Å². The van der Waals surface area contributed by atoms with Crippen molar-refractivity contribution >= 4 is 5.97 Å². The number of rotatable bonds is 23. The van der Waals surface area contributed by atoms with Gasteiger partial charge < -0.3 is 19.0 Å². The maximum absolute atomic E-state index is 13.9. The quantitative estimate of drug-likeness (QED) is 0.0443. The van der Waals surface area contributed by atoms with Crippen molar-refractivity contribution in [3.05, 3.63) is 99.4 Å². The Morgan fingerprint density at radius 2 is 1.17 bits per heavy atom. The molecule has 0 fully saturated rings. The van der Waals surface area contributed by atoms with E-state index >= 15 is 0 Å². The van der Waals surface area contributed by atoms with E-state index in [9.17, 15) is 14.9 Å². The van der Waals surface area contributed by atoms with E-state index in [0.29, 0.717) is 0 Å². The van der Waals surface area contributed by atoms with Gasteiger partial charge in [0.2, 0.25) is 6.10 Å². The molecule has 3 aromatic rings. The van der Waals surface area contributed by atoms with Gasteiger partial charge in [0, 0.05) is 18.5 Å². The molecule has 0 unspecified atom stereocenters. The van der Waals surface area contributed by atoms with Crippen LogP contribution in [-0.4, -0.2) is 47.5 Å². The van der Waals surface area contributed by atoms with Crippen LogP contribution in [0.4, 0.5) is 0 Å². The van der Waals surface area contributed by atoms with Crippen molar-refractivity contribution in [2.45, 2.75) is 103 Å². The second kappa shape index (κ2) is 20.2. The van der Waals surface area contributed by atoms with E-state index in [-0.39, 0.29) is 19.2 Å². The van der Waals surface area contributed by atoms with Crippen LogP contribution in [0.1, 0.15) is 99.6 Å². The normalized spacial score (nSPS) is 12.0. The third-order valence-corrected chi connectivity index (χ3v) is 7.98. The Morgan fingerprint density at radius 1 is 0.739 bits per heavy atom. The molecule has 46 heavy (non-hydrogen) atoms. The maximum Gasteiger partial charge on any atom is 0.351 e. The first-order chi connectivity index (χ1) is 22.4. The van der Waals surface area contributed by atoms with Gasteiger partial charge in [-0.2, -0.15) is 0 Å². The van der Waals surface area contributed by atoms with Crippen molar-refractivity contribution in [3.63, 3.8) is 0 Å². The van der Waals surface area contributed by atoms with Gasteiger partial charge in [-0.15, -0.1) is 10.1 Å². The first-order valence-corrected chi connectivity index (χ1v) is 16.5. The molecule has 0 aliphatic rings. The van der Waals surface area contributed by atoms with Crippen molar-refractivity contribution in [2.24, 2.45) is 0 Å². The van der Waals surface area contributed by atoms with Crippen LogP contribution < -0.4 is 4.74 Å². The van der Waals surface area contributed by atoms with Crippen molar-refractivity contribution in [1.29, 1.82) is 0 Å². The number of carbonyl (C=O) groups is 1. The minimum Gasteiger partial charge on any atom is -0.463 e. The zero-order chi connectivity index (χ0) is 33.0. The number of ether oxygens (including phenoxy) is 3. The van der Waals surface area contributed by atoms with Gasteiger partial charge in [-0.05, 0) is 43.9 Å². The maximum atomic E-state index is 13.9. The lowest BCUT2D eigenvalue weighted by Gasteiger charge is -2.38. The zero-order valence-electron chi connectivity index (χ0n) is 27.5. The third-order valence-electron chi connectivity index (χ3n) is 7.98. The van der Waals surface area contributed by atoms with Crippen LogP contribution in [0.5, 0.6) is 6.01 Å². The van der Waals surface area contributed by atoms with Crippen LogP contribution in [0.3, 0.4) is 0 Å². The molecule has 0 N–H and O–H groups in total. The van der Waals surface area contributed by atoms with Crippen LogP contribution in [0, 0.1) is 24.0 Å². The van der Waals surface area contributed by atoms with E-state index in [1.54, 1.807) is 7.11 Å². The highest BCUT2D eigenvalue weighted by molar-refractivity contribution is 5.78. The molecule has 2 aromatic carbocycles. The lowest BCUT2D eigenvalue weighted by atomic mass is 9.81. The summed E-state index contributed by atoms with van der Waals surface area (Å²) in [7, 11) is 1.57. The van der Waals surface area contributed by atoms with Gasteiger partial charge in [0.05, 0.1) is 13.2 Å². The monoisotopic (exact) mass is 635 g/mol. The van der Waals surface area contributed by atoms with Gasteiger partial charge >= 0.3 is 12.0 Å². The van der Waals surface area contributed by atoms with E-state index in [2.05, 4.69) is 14.8 Å². The predicted octanol–water partition coefficient (Wildman–Crippen LogP) is 7.86. The molecule has 0 amide bonds. The number of methoxy groups -OCH3 is 1. The molecule has 0 spiro atoms. The molecule has 250 valence electrons. The number of carbonyl (C=O) groups excluding carboxylic acids is 1. The number of nitrogens with zero attached hydrogens (tertiary/aromatic N) is 3. The first kappa shape index (κ1) is 36.4. The largest absolute Gasteiger partial charge is 0.463 e. The Balaban J connectivity index is 1.53. The van der Waals surface area contributed by atoms with Crippen LogP contribution in [-0.2, 0) is 24.7 Å². The molecule has 0 aliphatic heterocycles. The van der Waals surface area contributed by atoms with Crippen molar-refractivity contribution in [1.82, 2.24) is 9.97 Å². The Kier molecular flexibility index (Phi) is 16.0. The number of esters is 1. The second-order valence-corrected chi connectivity index (χ2v) is 11.6. The average Bonchev–Trinajstić information content (AvgIpc) is 3.05. The summed E-state index contributed by atoms with van der Waals surface area (Å²) >= 11 is 0. The molecule has 10 heteroatoms. The van der Waals surface area contributed by atoms with Gasteiger partial charge in [0.15, 0.2) is 5.60 Å². The van der Waals surface area contributed by atoms with E-state index in [0.717, 1.165) is 73.9 Å². The van der Waals surface area contributed by atoms with Gasteiger partial charge in [0.1, 0.15) is 0 Å². The third kappa shape index (κ3) is 11.7. The summed E-state index contributed by atoms with van der Waals surface area (Å²) in [5, 5.41) is 9.41. The van der Waals surface area contributed by atoms with E-state index < -0.39 is 22.8 Å². The number of benzene rings is 2. The fourth-order valence-corrected chi connectivity index (χ4v) is 5.69. The molecule has 3 rings (SSSR count). The smallest absolute Gasteiger partial charge is 0.351 e. The molecule has 0 radical (unpaired) electrons. The molecule has 1 heterocycles. The highest BCUT2D eigenvalue weighted by Crippen LogP contribution is 2.39. The molecule has 0 bridgehead atoms. The number of aryl methyl sites for hydroxylation is 2. The summed E-state index contributed by atoms with van der Waals surface area (Å²) in [5.41, 5.74) is 1.64. The summed E-state index contributed by atoms with van der Waals surface area (Å²) in [6.07, 6.45) is 11.5. The average molecular weight is 636 g/mol. The molecule has 1 aromatic heterocycles. The van der Waals surface area contributed by atoms with Crippen molar-refractivity contribution in [2.75, 3.05) is 20.3 Å². The first-order valence-electron chi connectivity index (χ1n) is 16.5. The molecule has 10 nitrogen and oxygen atoms in total. The zero-order valence-corrected chi connectivity index (χ0v) is 27.5. The molecule has 0 saturated carbocycles. The summed E-state index contributed by atoms with van der Waals surface area (Å²) in [6.45, 7) is 4.19. The molecular formula is C36H49N3O7. The molecule has 0 saturated heterocycles.